The van der Waals surface area contributed by atoms with Gasteiger partial charge in [-0.05, 0) is 18.2 Å². The predicted octanol–water partition coefficient (Wildman–Crippen LogP) is 1.44. The van der Waals surface area contributed by atoms with E-state index in [0.29, 0.717) is 17.8 Å². The first-order valence-corrected chi connectivity index (χ1v) is 5.86. The fraction of sp³-hybridized carbons (Fsp3) is 0.0909. The Morgan fingerprint density at radius 1 is 1.47 bits per heavy atom. The van der Waals surface area contributed by atoms with Gasteiger partial charge in [-0.2, -0.15) is 0 Å². The van der Waals surface area contributed by atoms with E-state index in [-0.39, 0.29) is 0 Å². The molecule has 17 heavy (non-hydrogen) atoms. The van der Waals surface area contributed by atoms with Crippen LogP contribution in [-0.4, -0.2) is 10.9 Å². The summed E-state index contributed by atoms with van der Waals surface area (Å²) in [6, 6.07) is 4.94. The van der Waals surface area contributed by atoms with Crippen molar-refractivity contribution in [2.24, 2.45) is 5.73 Å². The highest BCUT2D eigenvalue weighted by Gasteiger charge is 2.05. The smallest absolute Gasteiger partial charge is 0.248 e. The maximum absolute atomic E-state index is 10.9. The Bertz CT molecular complexity index is 524. The molecule has 2 rings (SSSR count). The molecule has 0 aliphatic rings. The third-order valence-electron chi connectivity index (χ3n) is 2.25. The van der Waals surface area contributed by atoms with E-state index in [9.17, 15) is 4.79 Å². The molecule has 0 saturated carbocycles. The Labute approximate surface area is 102 Å². The number of carbonyl (C=O) groups excluding carboxylic acids is 1. The zero-order valence-electron chi connectivity index (χ0n) is 9.01. The van der Waals surface area contributed by atoms with E-state index in [4.69, 9.17) is 11.5 Å². The quantitative estimate of drug-likeness (QED) is 0.713. The molecule has 1 amide bonds. The largest absolute Gasteiger partial charge is 0.397 e. The number of nitrogens with one attached hydrogen (secondary N) is 1. The Hall–Kier alpha value is -2.08. The summed E-state index contributed by atoms with van der Waals surface area (Å²) >= 11 is 1.57. The van der Waals surface area contributed by atoms with Crippen molar-refractivity contribution < 1.29 is 4.79 Å². The fourth-order valence-electron chi connectivity index (χ4n) is 1.39. The normalized spacial score (nSPS) is 10.1. The molecule has 1 aromatic carbocycles. The number of hydrogen-bond acceptors (Lipinski definition) is 5. The van der Waals surface area contributed by atoms with E-state index in [1.807, 2.05) is 5.38 Å². The molecular weight excluding hydrogens is 236 g/mol. The number of amides is 1. The van der Waals surface area contributed by atoms with Crippen LogP contribution < -0.4 is 16.8 Å². The molecule has 2 aromatic rings. The number of thiazole rings is 1. The van der Waals surface area contributed by atoms with Crippen LogP contribution in [0.4, 0.5) is 11.4 Å². The number of nitrogens with zero attached hydrogens (tertiary/aromatic N) is 1. The fourth-order valence-corrected chi connectivity index (χ4v) is 1.94. The molecule has 0 unspecified atom stereocenters. The van der Waals surface area contributed by atoms with Gasteiger partial charge in [-0.25, -0.2) is 4.98 Å². The summed E-state index contributed by atoms with van der Waals surface area (Å²) in [5.74, 6) is -0.483. The highest BCUT2D eigenvalue weighted by atomic mass is 32.1. The van der Waals surface area contributed by atoms with Crippen molar-refractivity contribution in [2.45, 2.75) is 6.54 Å². The molecule has 0 atom stereocenters. The summed E-state index contributed by atoms with van der Waals surface area (Å²) < 4.78 is 0. The maximum Gasteiger partial charge on any atom is 0.248 e. The minimum atomic E-state index is -0.483. The van der Waals surface area contributed by atoms with Crippen LogP contribution >= 0.6 is 11.3 Å². The van der Waals surface area contributed by atoms with Crippen LogP contribution in [0.25, 0.3) is 0 Å². The van der Waals surface area contributed by atoms with Gasteiger partial charge in [-0.3, -0.25) is 4.79 Å². The van der Waals surface area contributed by atoms with Gasteiger partial charge in [0, 0.05) is 17.1 Å². The first kappa shape index (κ1) is 11.4. The second-order valence-corrected chi connectivity index (χ2v) is 4.42. The molecule has 0 fully saturated rings. The zero-order valence-corrected chi connectivity index (χ0v) is 9.83. The highest BCUT2D eigenvalue weighted by molar-refractivity contribution is 7.09. The van der Waals surface area contributed by atoms with Crippen LogP contribution in [0, 0.1) is 0 Å². The predicted molar refractivity (Wildman–Crippen MR) is 68.8 cm³/mol. The number of nitrogens with two attached hydrogens (primary N) is 2. The van der Waals surface area contributed by atoms with Gasteiger partial charge in [0.05, 0.1) is 17.9 Å². The van der Waals surface area contributed by atoms with E-state index in [1.165, 1.54) is 0 Å². The summed E-state index contributed by atoms with van der Waals surface area (Å²) in [4.78, 5) is 15.1. The Kier molecular flexibility index (Phi) is 3.24. The molecule has 0 bridgehead atoms. The number of aromatic nitrogens is 1. The number of anilines is 2. The topological polar surface area (TPSA) is 94.0 Å². The third kappa shape index (κ3) is 2.73. The summed E-state index contributed by atoms with van der Waals surface area (Å²) in [5, 5.41) is 6.04. The molecule has 0 aliphatic carbocycles. The van der Waals surface area contributed by atoms with Gasteiger partial charge in [0.1, 0.15) is 5.01 Å². The van der Waals surface area contributed by atoms with E-state index in [2.05, 4.69) is 10.3 Å². The zero-order chi connectivity index (χ0) is 12.3. The molecular formula is C11H12N4OS. The molecule has 88 valence electrons. The second-order valence-electron chi connectivity index (χ2n) is 3.45. The Balaban J connectivity index is 2.09. The molecule has 0 aliphatic heterocycles. The van der Waals surface area contributed by atoms with E-state index < -0.39 is 5.91 Å². The number of nitrogen functional groups attached to an aromatic ring is 1. The lowest BCUT2D eigenvalue weighted by Crippen LogP contribution is -2.12. The molecule has 6 heteroatoms. The van der Waals surface area contributed by atoms with Crippen molar-refractivity contribution in [3.05, 3.63) is 40.3 Å². The summed E-state index contributed by atoms with van der Waals surface area (Å²) in [6.45, 7) is 0.609. The van der Waals surface area contributed by atoms with Gasteiger partial charge >= 0.3 is 0 Å². The van der Waals surface area contributed by atoms with Crippen molar-refractivity contribution in [3.8, 4) is 0 Å². The summed E-state index contributed by atoms with van der Waals surface area (Å²) in [6.07, 6.45) is 1.75. The van der Waals surface area contributed by atoms with Crippen LogP contribution in [0.2, 0.25) is 0 Å². The van der Waals surface area contributed by atoms with Gasteiger partial charge in [-0.1, -0.05) is 0 Å². The van der Waals surface area contributed by atoms with Crippen LogP contribution in [0.3, 0.4) is 0 Å². The first-order valence-electron chi connectivity index (χ1n) is 4.98. The Morgan fingerprint density at radius 2 is 2.29 bits per heavy atom. The number of benzene rings is 1. The van der Waals surface area contributed by atoms with Gasteiger partial charge in [-0.15, -0.1) is 11.3 Å². The lowest BCUT2D eigenvalue weighted by Gasteiger charge is -2.08. The molecule has 0 radical (unpaired) electrons. The molecule has 0 spiro atoms. The van der Waals surface area contributed by atoms with Crippen LogP contribution in [-0.2, 0) is 6.54 Å². The van der Waals surface area contributed by atoms with Crippen molar-refractivity contribution in [3.63, 3.8) is 0 Å². The van der Waals surface area contributed by atoms with Gasteiger partial charge < -0.3 is 16.8 Å². The average molecular weight is 248 g/mol. The standard InChI is InChI=1S/C11H12N4OS/c12-8-5-7(11(13)16)1-2-9(8)15-6-10-14-3-4-17-10/h1-5,15H,6,12H2,(H2,13,16). The van der Waals surface area contributed by atoms with Crippen molar-refractivity contribution in [1.82, 2.24) is 4.98 Å². The minimum Gasteiger partial charge on any atom is -0.397 e. The number of hydrogen-bond donors (Lipinski definition) is 3. The minimum absolute atomic E-state index is 0.405. The molecule has 5 nitrogen and oxygen atoms in total. The van der Waals surface area contributed by atoms with Gasteiger partial charge in [0.25, 0.3) is 0 Å². The maximum atomic E-state index is 10.9. The van der Waals surface area contributed by atoms with E-state index in [0.717, 1.165) is 10.7 Å². The SMILES string of the molecule is NC(=O)c1ccc(NCc2nccs2)c(N)c1. The monoisotopic (exact) mass is 248 g/mol. The molecule has 5 N–H and O–H groups in total. The van der Waals surface area contributed by atoms with Crippen molar-refractivity contribution >= 4 is 28.6 Å². The van der Waals surface area contributed by atoms with Crippen molar-refractivity contribution in [1.29, 1.82) is 0 Å². The first-order chi connectivity index (χ1) is 8.16. The average Bonchev–Trinajstić information content (AvgIpc) is 2.80. The molecule has 1 aromatic heterocycles. The van der Waals surface area contributed by atoms with Crippen LogP contribution in [0.1, 0.15) is 15.4 Å². The Morgan fingerprint density at radius 3 is 2.88 bits per heavy atom. The van der Waals surface area contributed by atoms with E-state index in [1.54, 1.807) is 35.7 Å². The lowest BCUT2D eigenvalue weighted by atomic mass is 10.1. The summed E-state index contributed by atoms with van der Waals surface area (Å²) in [5.41, 5.74) is 12.6. The second kappa shape index (κ2) is 4.84. The number of rotatable bonds is 4. The lowest BCUT2D eigenvalue weighted by molar-refractivity contribution is 0.100. The number of primary amides is 1. The molecule has 0 saturated heterocycles. The highest BCUT2D eigenvalue weighted by Crippen LogP contribution is 2.20. The number of carbonyl (C=O) groups is 1. The van der Waals surface area contributed by atoms with Crippen LogP contribution in [0.5, 0.6) is 0 Å². The summed E-state index contributed by atoms with van der Waals surface area (Å²) in [7, 11) is 0. The van der Waals surface area contributed by atoms with Crippen molar-refractivity contribution in [2.75, 3.05) is 11.1 Å². The van der Waals surface area contributed by atoms with Gasteiger partial charge in [0.15, 0.2) is 0 Å². The van der Waals surface area contributed by atoms with Gasteiger partial charge in [0.2, 0.25) is 5.91 Å². The van der Waals surface area contributed by atoms with Crippen LogP contribution in [0.15, 0.2) is 29.8 Å². The van der Waals surface area contributed by atoms with E-state index >= 15 is 0 Å². The molecule has 1 heterocycles. The third-order valence-corrected chi connectivity index (χ3v) is 3.03.